The Morgan fingerprint density at radius 3 is 2.94 bits per heavy atom. The van der Waals surface area contributed by atoms with Gasteiger partial charge in [-0.25, -0.2) is 4.79 Å². The van der Waals surface area contributed by atoms with Crippen molar-refractivity contribution in [3.05, 3.63) is 29.8 Å². The van der Waals surface area contributed by atoms with Crippen molar-refractivity contribution in [1.29, 1.82) is 0 Å². The summed E-state index contributed by atoms with van der Waals surface area (Å²) < 4.78 is 5.12. The molecule has 17 heavy (non-hydrogen) atoms. The van der Waals surface area contributed by atoms with Gasteiger partial charge >= 0.3 is 6.09 Å². The van der Waals surface area contributed by atoms with Gasteiger partial charge in [-0.2, -0.15) is 0 Å². The highest BCUT2D eigenvalue weighted by atomic mass is 16.6. The van der Waals surface area contributed by atoms with Crippen molar-refractivity contribution in [2.45, 2.75) is 32.6 Å². The van der Waals surface area contributed by atoms with E-state index in [1.165, 1.54) is 18.4 Å². The number of anilines is 1. The van der Waals surface area contributed by atoms with Crippen LogP contribution in [0.5, 0.6) is 0 Å². The number of hydrogen-bond donors (Lipinski definition) is 0. The predicted molar refractivity (Wildman–Crippen MR) is 68.4 cm³/mol. The summed E-state index contributed by atoms with van der Waals surface area (Å²) in [6, 6.07) is 8.13. The number of fused-ring (bicyclic) bond motifs is 1. The molecule has 92 valence electrons. The number of benzene rings is 1. The zero-order valence-electron chi connectivity index (χ0n) is 10.3. The first kappa shape index (κ1) is 12.0. The van der Waals surface area contributed by atoms with Crippen molar-refractivity contribution >= 4 is 11.8 Å². The number of amides is 1. The minimum Gasteiger partial charge on any atom is -0.449 e. The minimum atomic E-state index is -0.221. The Morgan fingerprint density at radius 1 is 1.29 bits per heavy atom. The highest BCUT2D eigenvalue weighted by Gasteiger charge is 2.20. The van der Waals surface area contributed by atoms with E-state index in [2.05, 4.69) is 6.07 Å². The van der Waals surface area contributed by atoms with E-state index >= 15 is 0 Å². The Labute approximate surface area is 102 Å². The Balaban J connectivity index is 2.28. The molecule has 0 atom stereocenters. The number of para-hydroxylation sites is 1. The second-order valence-corrected chi connectivity index (χ2v) is 4.29. The van der Waals surface area contributed by atoms with Crippen molar-refractivity contribution in [2.75, 3.05) is 18.1 Å². The molecule has 1 aromatic rings. The van der Waals surface area contributed by atoms with Crippen LogP contribution >= 0.6 is 0 Å². The molecule has 0 radical (unpaired) electrons. The van der Waals surface area contributed by atoms with Crippen LogP contribution in [-0.2, 0) is 11.2 Å². The molecule has 0 aromatic heterocycles. The van der Waals surface area contributed by atoms with E-state index in [0.717, 1.165) is 25.1 Å². The van der Waals surface area contributed by atoms with Crippen LogP contribution in [0.4, 0.5) is 10.5 Å². The van der Waals surface area contributed by atoms with E-state index in [9.17, 15) is 4.79 Å². The van der Waals surface area contributed by atoms with Crippen LogP contribution in [0.15, 0.2) is 24.3 Å². The first-order valence-electron chi connectivity index (χ1n) is 6.35. The lowest BCUT2D eigenvalue weighted by atomic mass is 10.0. The third-order valence-corrected chi connectivity index (χ3v) is 3.10. The monoisotopic (exact) mass is 233 g/mol. The number of aryl methyl sites for hydroxylation is 1. The van der Waals surface area contributed by atoms with Crippen molar-refractivity contribution in [3.8, 4) is 0 Å². The van der Waals surface area contributed by atoms with Crippen LogP contribution in [0.3, 0.4) is 0 Å². The lowest BCUT2D eigenvalue weighted by Crippen LogP contribution is -2.34. The van der Waals surface area contributed by atoms with Gasteiger partial charge in [0.05, 0.1) is 12.3 Å². The predicted octanol–water partition coefficient (Wildman–Crippen LogP) is 3.38. The molecule has 0 N–H and O–H groups in total. The molecule has 0 aliphatic carbocycles. The van der Waals surface area contributed by atoms with E-state index in [-0.39, 0.29) is 6.09 Å². The van der Waals surface area contributed by atoms with E-state index in [1.54, 1.807) is 4.90 Å². The molecule has 0 fully saturated rings. The van der Waals surface area contributed by atoms with Gasteiger partial charge in [0, 0.05) is 6.54 Å². The topological polar surface area (TPSA) is 29.5 Å². The Morgan fingerprint density at radius 2 is 2.12 bits per heavy atom. The zero-order valence-corrected chi connectivity index (χ0v) is 10.3. The van der Waals surface area contributed by atoms with Gasteiger partial charge in [0.2, 0.25) is 0 Å². The Bertz CT molecular complexity index is 390. The van der Waals surface area contributed by atoms with Gasteiger partial charge in [0.15, 0.2) is 0 Å². The second kappa shape index (κ2) is 5.71. The number of rotatable bonds is 1. The quantitative estimate of drug-likeness (QED) is 0.744. The van der Waals surface area contributed by atoms with Gasteiger partial charge in [-0.1, -0.05) is 24.6 Å². The molecule has 3 nitrogen and oxygen atoms in total. The number of carbonyl (C=O) groups is 1. The van der Waals surface area contributed by atoms with Crippen LogP contribution in [0, 0.1) is 0 Å². The number of hydrogen-bond acceptors (Lipinski definition) is 2. The normalized spacial score (nSPS) is 15.7. The molecule has 1 aliphatic heterocycles. The van der Waals surface area contributed by atoms with Gasteiger partial charge in [-0.3, -0.25) is 4.90 Å². The molecule has 1 aliphatic rings. The molecular weight excluding hydrogens is 214 g/mol. The summed E-state index contributed by atoms with van der Waals surface area (Å²) in [5.41, 5.74) is 2.27. The van der Waals surface area contributed by atoms with Crippen LogP contribution in [0.2, 0.25) is 0 Å². The molecule has 0 saturated carbocycles. The SMILES string of the molecule is CCOC(=O)N1CCCCCc2ccccc21. The van der Waals surface area contributed by atoms with Gasteiger partial charge in [0.1, 0.15) is 0 Å². The molecule has 2 rings (SSSR count). The number of nitrogens with zero attached hydrogens (tertiary/aromatic N) is 1. The maximum Gasteiger partial charge on any atom is 0.414 e. The van der Waals surface area contributed by atoms with Crippen molar-refractivity contribution in [1.82, 2.24) is 0 Å². The lowest BCUT2D eigenvalue weighted by Gasteiger charge is -2.26. The molecular formula is C14H19NO2. The minimum absolute atomic E-state index is 0.221. The highest BCUT2D eigenvalue weighted by molar-refractivity contribution is 5.88. The van der Waals surface area contributed by atoms with Crippen LogP contribution in [-0.4, -0.2) is 19.2 Å². The van der Waals surface area contributed by atoms with E-state index in [4.69, 9.17) is 4.74 Å². The molecule has 0 bridgehead atoms. The Hall–Kier alpha value is -1.51. The van der Waals surface area contributed by atoms with Crippen molar-refractivity contribution < 1.29 is 9.53 Å². The van der Waals surface area contributed by atoms with Gasteiger partial charge in [0.25, 0.3) is 0 Å². The maximum absolute atomic E-state index is 11.9. The molecule has 1 amide bonds. The largest absolute Gasteiger partial charge is 0.449 e. The third-order valence-electron chi connectivity index (χ3n) is 3.10. The standard InChI is InChI=1S/C14H19NO2/c1-2-17-14(16)15-11-7-3-4-8-12-9-5-6-10-13(12)15/h5-6,9-10H,2-4,7-8,11H2,1H3. The van der Waals surface area contributed by atoms with E-state index < -0.39 is 0 Å². The maximum atomic E-state index is 11.9. The summed E-state index contributed by atoms with van der Waals surface area (Å²) in [6.45, 7) is 3.03. The third kappa shape index (κ3) is 2.78. The average Bonchev–Trinajstić information content (AvgIpc) is 2.30. The van der Waals surface area contributed by atoms with Crippen molar-refractivity contribution in [3.63, 3.8) is 0 Å². The van der Waals surface area contributed by atoms with E-state index in [0.29, 0.717) is 6.61 Å². The first-order valence-corrected chi connectivity index (χ1v) is 6.35. The molecule has 1 heterocycles. The summed E-state index contributed by atoms with van der Waals surface area (Å²) >= 11 is 0. The molecule has 0 unspecified atom stereocenters. The van der Waals surface area contributed by atoms with Crippen molar-refractivity contribution in [2.24, 2.45) is 0 Å². The lowest BCUT2D eigenvalue weighted by molar-refractivity contribution is 0.159. The summed E-state index contributed by atoms with van der Waals surface area (Å²) in [5.74, 6) is 0. The number of ether oxygens (including phenoxy) is 1. The zero-order chi connectivity index (χ0) is 12.1. The fourth-order valence-electron chi connectivity index (χ4n) is 2.26. The Kier molecular flexibility index (Phi) is 4.02. The van der Waals surface area contributed by atoms with Gasteiger partial charge < -0.3 is 4.74 Å². The van der Waals surface area contributed by atoms with Crippen LogP contribution in [0.1, 0.15) is 31.7 Å². The average molecular weight is 233 g/mol. The van der Waals surface area contributed by atoms with Gasteiger partial charge in [-0.05, 0) is 37.8 Å². The van der Waals surface area contributed by atoms with Crippen LogP contribution < -0.4 is 4.90 Å². The summed E-state index contributed by atoms with van der Waals surface area (Å²) in [6.07, 6.45) is 4.25. The molecule has 1 aromatic carbocycles. The molecule has 3 heteroatoms. The number of carbonyl (C=O) groups excluding carboxylic acids is 1. The summed E-state index contributed by atoms with van der Waals surface area (Å²) in [7, 11) is 0. The first-order chi connectivity index (χ1) is 8.33. The fourth-order valence-corrected chi connectivity index (χ4v) is 2.26. The smallest absolute Gasteiger partial charge is 0.414 e. The fraction of sp³-hybridized carbons (Fsp3) is 0.500. The summed E-state index contributed by atoms with van der Waals surface area (Å²) in [5, 5.41) is 0. The van der Waals surface area contributed by atoms with E-state index in [1.807, 2.05) is 25.1 Å². The van der Waals surface area contributed by atoms with Gasteiger partial charge in [-0.15, -0.1) is 0 Å². The molecule has 0 spiro atoms. The summed E-state index contributed by atoms with van der Waals surface area (Å²) in [4.78, 5) is 13.7. The van der Waals surface area contributed by atoms with Crippen LogP contribution in [0.25, 0.3) is 0 Å². The highest BCUT2D eigenvalue weighted by Crippen LogP contribution is 2.26. The second-order valence-electron chi connectivity index (χ2n) is 4.29. The molecule has 0 saturated heterocycles.